The van der Waals surface area contributed by atoms with E-state index >= 15 is 0 Å². The SMILES string of the molecule is [2H]c1c([2H])c([2H])c(-c2ccc3c(c2)oc2cccc(-c4c5ccccc5c(-c5c([2H])c([2H])c(-c6c([2H])c([2H])c(-c7c([2H])c([2H])c([2H])c([2H])c7[2H])c([2H])c6[2H])c([2H])c5[2H])c5ccccc45)c23)c([2H])c1[2H]. The van der Waals surface area contributed by atoms with Gasteiger partial charge in [-0.1, -0.05) is 175 Å². The summed E-state index contributed by atoms with van der Waals surface area (Å²) in [6, 6.07) is 13.9. The summed E-state index contributed by atoms with van der Waals surface area (Å²) in [6.45, 7) is 0. The molecule has 0 aliphatic rings. The lowest BCUT2D eigenvalue weighted by Gasteiger charge is -2.18. The molecule has 0 N–H and O–H groups in total. The second-order valence-corrected chi connectivity index (χ2v) is 11.8. The minimum absolute atomic E-state index is 0.0333. The van der Waals surface area contributed by atoms with Crippen LogP contribution in [-0.4, -0.2) is 0 Å². The van der Waals surface area contributed by atoms with Crippen molar-refractivity contribution in [2.75, 3.05) is 0 Å². The first kappa shape index (κ1) is 16.3. The maximum absolute atomic E-state index is 9.51. The maximum Gasteiger partial charge on any atom is 0.136 e. The average Bonchev–Trinajstić information content (AvgIpc) is 3.73. The minimum Gasteiger partial charge on any atom is -0.456 e. The highest BCUT2D eigenvalue weighted by Gasteiger charge is 2.20. The Balaban J connectivity index is 1.20. The van der Waals surface area contributed by atoms with E-state index in [0.717, 1.165) is 11.1 Å². The third-order valence-corrected chi connectivity index (χ3v) is 8.99. The van der Waals surface area contributed by atoms with E-state index in [1.54, 1.807) is 48.5 Å². The molecule has 0 bridgehead atoms. The highest BCUT2D eigenvalue weighted by atomic mass is 16.3. The van der Waals surface area contributed by atoms with Gasteiger partial charge >= 0.3 is 0 Å². The third kappa shape index (κ3) is 4.94. The number of fused-ring (bicyclic) bond motifs is 5. The Morgan fingerprint density at radius 2 is 0.804 bits per heavy atom. The Labute approximate surface area is 322 Å². The highest BCUT2D eigenvalue weighted by Crippen LogP contribution is 2.47. The van der Waals surface area contributed by atoms with Crippen molar-refractivity contribution in [2.24, 2.45) is 0 Å². The molecular formula is C50H32O. The zero-order valence-electron chi connectivity index (χ0n) is 44.5. The highest BCUT2D eigenvalue weighted by molar-refractivity contribution is 6.25. The van der Waals surface area contributed by atoms with E-state index in [-0.39, 0.29) is 23.2 Å². The molecule has 1 nitrogen and oxygen atoms in total. The smallest absolute Gasteiger partial charge is 0.136 e. The van der Waals surface area contributed by atoms with E-state index in [0.29, 0.717) is 54.6 Å². The summed E-state index contributed by atoms with van der Waals surface area (Å²) in [5.74, 6) is 0. The fraction of sp³-hybridized carbons (Fsp3) is 0. The zero-order chi connectivity index (χ0) is 49.4. The first-order valence-corrected chi connectivity index (χ1v) is 16.0. The van der Waals surface area contributed by atoms with Gasteiger partial charge in [-0.05, 0) is 95.4 Å². The summed E-state index contributed by atoms with van der Waals surface area (Å²) in [5.41, 5.74) is 0.864. The van der Waals surface area contributed by atoms with Gasteiger partial charge in [-0.15, -0.1) is 0 Å². The van der Waals surface area contributed by atoms with Crippen molar-refractivity contribution in [1.29, 1.82) is 0 Å². The third-order valence-electron chi connectivity index (χ3n) is 8.99. The van der Waals surface area contributed by atoms with Crippen molar-refractivity contribution in [1.82, 2.24) is 0 Å². The molecule has 1 heterocycles. The van der Waals surface area contributed by atoms with Crippen LogP contribution in [0.1, 0.15) is 24.7 Å². The molecule has 0 atom stereocenters. The van der Waals surface area contributed by atoms with Crippen LogP contribution in [0.4, 0.5) is 0 Å². The van der Waals surface area contributed by atoms with Gasteiger partial charge in [0.15, 0.2) is 0 Å². The Morgan fingerprint density at radius 3 is 1.35 bits per heavy atom. The second kappa shape index (κ2) is 12.0. The van der Waals surface area contributed by atoms with E-state index < -0.39 is 119 Å². The quantitative estimate of drug-likeness (QED) is 0.167. The van der Waals surface area contributed by atoms with Gasteiger partial charge in [0.1, 0.15) is 11.2 Å². The molecule has 1 heteroatoms. The topological polar surface area (TPSA) is 13.1 Å². The molecule has 0 saturated heterocycles. The molecule has 0 unspecified atom stereocenters. The maximum atomic E-state index is 9.51. The fourth-order valence-corrected chi connectivity index (χ4v) is 6.77. The Bertz CT molecular complexity index is 3780. The van der Waals surface area contributed by atoms with Gasteiger partial charge in [0.2, 0.25) is 0 Å². The van der Waals surface area contributed by atoms with Crippen LogP contribution in [0.25, 0.3) is 99.1 Å². The number of rotatable bonds is 5. The standard InChI is InChI=1S/C50H32O/c1-3-12-33(13-4-1)35-22-24-36(25-23-35)37-26-28-38(29-27-37)48-40-16-7-9-18-42(40)49(43-19-10-8-17-41(43)48)45-20-11-21-46-50(45)44-31-30-39(32-47(44)51-46)34-14-5-2-6-15-34/h1-32H/i1D,2D,3D,4D,5D,6D,12D,13D,14D,15D,22D,23D,24D,25D,26D,27D,28D,29D. The van der Waals surface area contributed by atoms with Crippen LogP contribution < -0.4 is 0 Å². The van der Waals surface area contributed by atoms with Gasteiger partial charge < -0.3 is 4.42 Å². The molecule has 51 heavy (non-hydrogen) atoms. The van der Waals surface area contributed by atoms with Crippen molar-refractivity contribution in [3.05, 3.63) is 194 Å². The lowest BCUT2D eigenvalue weighted by Crippen LogP contribution is -1.91. The van der Waals surface area contributed by atoms with E-state index in [4.69, 9.17) is 23.6 Å². The summed E-state index contributed by atoms with van der Waals surface area (Å²) in [6.07, 6.45) is 0. The Kier molecular flexibility index (Phi) is 3.85. The summed E-state index contributed by atoms with van der Waals surface area (Å²) in [5, 5.41) is 3.86. The van der Waals surface area contributed by atoms with Crippen molar-refractivity contribution in [2.45, 2.75) is 0 Å². The number of hydrogen-bond acceptors (Lipinski definition) is 1. The lowest BCUT2D eigenvalue weighted by molar-refractivity contribution is 0.669. The largest absolute Gasteiger partial charge is 0.456 e. The van der Waals surface area contributed by atoms with E-state index in [9.17, 15) is 5.48 Å². The fourth-order valence-electron chi connectivity index (χ4n) is 6.77. The number of furan rings is 1. The van der Waals surface area contributed by atoms with Crippen molar-refractivity contribution < 1.29 is 29.1 Å². The molecular weight excluding hydrogens is 617 g/mol. The molecule has 0 fully saturated rings. The predicted molar refractivity (Wildman–Crippen MR) is 216 cm³/mol. The number of hydrogen-bond donors (Lipinski definition) is 0. The minimum atomic E-state index is -0.798. The molecule has 0 aliphatic carbocycles. The van der Waals surface area contributed by atoms with Crippen LogP contribution in [0.2, 0.25) is 0 Å². The summed E-state index contributed by atoms with van der Waals surface area (Å²) in [7, 11) is 0. The number of benzene rings is 9. The Hall–Kier alpha value is -6.70. The van der Waals surface area contributed by atoms with Crippen molar-refractivity contribution in [3.63, 3.8) is 0 Å². The van der Waals surface area contributed by atoms with Crippen molar-refractivity contribution >= 4 is 43.5 Å². The van der Waals surface area contributed by atoms with Crippen molar-refractivity contribution in [3.8, 4) is 55.6 Å². The van der Waals surface area contributed by atoms with Crippen LogP contribution in [0.15, 0.2) is 198 Å². The van der Waals surface area contributed by atoms with Gasteiger partial charge in [-0.25, -0.2) is 0 Å². The van der Waals surface area contributed by atoms with Crippen LogP contribution in [-0.2, 0) is 0 Å². The summed E-state index contributed by atoms with van der Waals surface area (Å²) < 4.78 is 163. The summed E-state index contributed by atoms with van der Waals surface area (Å²) >= 11 is 0. The van der Waals surface area contributed by atoms with Gasteiger partial charge in [-0.2, -0.15) is 0 Å². The van der Waals surface area contributed by atoms with Crippen LogP contribution >= 0.6 is 0 Å². The molecule has 0 amide bonds. The van der Waals surface area contributed by atoms with Gasteiger partial charge in [0.25, 0.3) is 0 Å². The van der Waals surface area contributed by atoms with Crippen LogP contribution in [0, 0.1) is 0 Å². The Morgan fingerprint density at radius 1 is 0.333 bits per heavy atom. The molecule has 1 aromatic heterocycles. The molecule has 10 aromatic rings. The predicted octanol–water partition coefficient (Wildman–Crippen LogP) is 14.2. The zero-order valence-corrected chi connectivity index (χ0v) is 26.5. The molecule has 0 radical (unpaired) electrons. The molecule has 238 valence electrons. The van der Waals surface area contributed by atoms with E-state index in [2.05, 4.69) is 0 Å². The molecule has 9 aromatic carbocycles. The van der Waals surface area contributed by atoms with Gasteiger partial charge in [0, 0.05) is 10.8 Å². The molecule has 10 rings (SSSR count). The summed E-state index contributed by atoms with van der Waals surface area (Å²) in [4.78, 5) is 0. The molecule has 0 aliphatic heterocycles. The lowest BCUT2D eigenvalue weighted by atomic mass is 9.84. The first-order valence-electron chi connectivity index (χ1n) is 25.0. The second-order valence-electron chi connectivity index (χ2n) is 11.8. The normalized spacial score (nSPS) is 16.5. The van der Waals surface area contributed by atoms with Crippen LogP contribution in [0.3, 0.4) is 0 Å². The molecule has 0 spiro atoms. The van der Waals surface area contributed by atoms with Gasteiger partial charge in [-0.3, -0.25) is 0 Å². The monoisotopic (exact) mass is 666 g/mol. The first-order chi connectivity index (χ1) is 32.8. The van der Waals surface area contributed by atoms with Crippen LogP contribution in [0.5, 0.6) is 0 Å². The van der Waals surface area contributed by atoms with Gasteiger partial charge in [0.05, 0.1) is 24.7 Å². The average molecular weight is 667 g/mol. The van der Waals surface area contributed by atoms with E-state index in [1.165, 1.54) is 0 Å². The molecule has 0 saturated carbocycles. The van der Waals surface area contributed by atoms with E-state index in [1.807, 2.05) is 36.4 Å².